The van der Waals surface area contributed by atoms with Gasteiger partial charge in [0.2, 0.25) is 0 Å². The normalized spacial score (nSPS) is 11.0. The van der Waals surface area contributed by atoms with E-state index >= 15 is 0 Å². The molecule has 132 valence electrons. The predicted octanol–water partition coefficient (Wildman–Crippen LogP) is 4.28. The molecule has 0 saturated heterocycles. The molecule has 2 heterocycles. The molecule has 0 saturated carbocycles. The number of halogens is 1. The summed E-state index contributed by atoms with van der Waals surface area (Å²) in [6.45, 7) is 1.76. The Bertz CT molecular complexity index is 1010. The number of carbonyl (C=O) groups excluding carboxylic acids is 1. The van der Waals surface area contributed by atoms with Crippen LogP contribution in [0, 0.1) is 17.0 Å². The van der Waals surface area contributed by atoms with Gasteiger partial charge in [0.15, 0.2) is 10.4 Å². The monoisotopic (exact) mass is 417 g/mol. The van der Waals surface area contributed by atoms with Gasteiger partial charge in [0.1, 0.15) is 11.5 Å². The van der Waals surface area contributed by atoms with Crippen LogP contribution in [0.5, 0.6) is 0 Å². The van der Waals surface area contributed by atoms with E-state index < -0.39 is 10.8 Å². The first kappa shape index (κ1) is 17.6. The SMILES string of the molecule is Cc1cc([N+](=O)[O-])ccc1-c1ccc(/C=N\NC(=O)c2ccc(Br)o2)o1. The lowest BCUT2D eigenvalue weighted by Crippen LogP contribution is -2.16. The molecule has 26 heavy (non-hydrogen) atoms. The molecule has 0 bridgehead atoms. The molecule has 0 aliphatic rings. The molecular formula is C17H12BrN3O5. The Hall–Kier alpha value is -3.20. The summed E-state index contributed by atoms with van der Waals surface area (Å²) in [7, 11) is 0. The van der Waals surface area contributed by atoms with Crippen molar-refractivity contribution in [1.82, 2.24) is 5.43 Å². The molecule has 0 fully saturated rings. The maximum Gasteiger partial charge on any atom is 0.307 e. The van der Waals surface area contributed by atoms with E-state index in [0.29, 0.717) is 21.8 Å². The molecule has 3 aromatic rings. The Kier molecular flexibility index (Phi) is 4.99. The van der Waals surface area contributed by atoms with E-state index in [-0.39, 0.29) is 11.4 Å². The number of hydrazone groups is 1. The van der Waals surface area contributed by atoms with E-state index in [1.165, 1.54) is 24.4 Å². The van der Waals surface area contributed by atoms with Crippen LogP contribution in [0.3, 0.4) is 0 Å². The van der Waals surface area contributed by atoms with Crippen molar-refractivity contribution >= 4 is 33.7 Å². The summed E-state index contributed by atoms with van der Waals surface area (Å²) >= 11 is 3.11. The Morgan fingerprint density at radius 2 is 2.04 bits per heavy atom. The van der Waals surface area contributed by atoms with Crippen LogP contribution in [-0.4, -0.2) is 17.0 Å². The van der Waals surface area contributed by atoms with Gasteiger partial charge in [0.25, 0.3) is 5.69 Å². The zero-order valence-corrected chi connectivity index (χ0v) is 15.0. The second kappa shape index (κ2) is 7.36. The van der Waals surface area contributed by atoms with Crippen molar-refractivity contribution in [2.24, 2.45) is 5.10 Å². The molecule has 2 aromatic heterocycles. The van der Waals surface area contributed by atoms with Gasteiger partial charge >= 0.3 is 5.91 Å². The molecule has 0 radical (unpaired) electrons. The number of benzene rings is 1. The molecule has 0 aliphatic carbocycles. The predicted molar refractivity (Wildman–Crippen MR) is 97.0 cm³/mol. The highest BCUT2D eigenvalue weighted by Crippen LogP contribution is 2.28. The number of amides is 1. The number of carbonyl (C=O) groups is 1. The molecule has 1 amide bonds. The van der Waals surface area contributed by atoms with Crippen molar-refractivity contribution in [2.45, 2.75) is 6.92 Å². The van der Waals surface area contributed by atoms with Crippen molar-refractivity contribution < 1.29 is 18.6 Å². The number of furan rings is 2. The van der Waals surface area contributed by atoms with Gasteiger partial charge < -0.3 is 8.83 Å². The summed E-state index contributed by atoms with van der Waals surface area (Å²) in [5.41, 5.74) is 3.79. The molecule has 1 N–H and O–H groups in total. The highest BCUT2D eigenvalue weighted by atomic mass is 79.9. The van der Waals surface area contributed by atoms with Crippen molar-refractivity contribution in [3.63, 3.8) is 0 Å². The van der Waals surface area contributed by atoms with Crippen molar-refractivity contribution in [3.05, 3.63) is 74.3 Å². The van der Waals surface area contributed by atoms with Crippen molar-refractivity contribution in [2.75, 3.05) is 0 Å². The highest BCUT2D eigenvalue weighted by Gasteiger charge is 2.12. The van der Waals surface area contributed by atoms with Crippen LogP contribution < -0.4 is 5.43 Å². The average Bonchev–Trinajstić information content (AvgIpc) is 3.24. The number of aryl methyl sites for hydroxylation is 1. The Morgan fingerprint density at radius 3 is 2.69 bits per heavy atom. The van der Waals surface area contributed by atoms with E-state index in [2.05, 4.69) is 26.5 Å². The minimum Gasteiger partial charge on any atom is -0.455 e. The molecular weight excluding hydrogens is 406 g/mol. The van der Waals surface area contributed by atoms with E-state index in [1.54, 1.807) is 31.2 Å². The van der Waals surface area contributed by atoms with Crippen LogP contribution in [0.15, 0.2) is 61.1 Å². The zero-order valence-electron chi connectivity index (χ0n) is 13.4. The Labute approximate surface area is 155 Å². The molecule has 0 atom stereocenters. The summed E-state index contributed by atoms with van der Waals surface area (Å²) in [4.78, 5) is 22.1. The maximum atomic E-state index is 11.8. The number of nitro groups is 1. The number of hydrogen-bond donors (Lipinski definition) is 1. The van der Waals surface area contributed by atoms with Gasteiger partial charge in [-0.15, -0.1) is 0 Å². The molecule has 3 rings (SSSR count). The topological polar surface area (TPSA) is 111 Å². The standard InChI is InChI=1S/C17H12BrN3O5/c1-10-8-11(21(23)24)2-4-13(10)14-5-3-12(25-14)9-19-20-17(22)15-6-7-16(18)26-15/h2-9H,1H3,(H,20,22)/b19-9-. The maximum absolute atomic E-state index is 11.8. The van der Waals surface area contributed by atoms with Crippen LogP contribution in [0.4, 0.5) is 5.69 Å². The third-order valence-corrected chi connectivity index (χ3v) is 3.89. The minimum absolute atomic E-state index is 0.0202. The van der Waals surface area contributed by atoms with Gasteiger partial charge in [0.05, 0.1) is 11.1 Å². The van der Waals surface area contributed by atoms with Crippen molar-refractivity contribution in [3.8, 4) is 11.3 Å². The second-order valence-electron chi connectivity index (χ2n) is 5.26. The summed E-state index contributed by atoms with van der Waals surface area (Å²) in [5, 5.41) is 14.6. The minimum atomic E-state index is -0.495. The molecule has 0 aliphatic heterocycles. The van der Waals surface area contributed by atoms with E-state index in [4.69, 9.17) is 8.83 Å². The van der Waals surface area contributed by atoms with Crippen molar-refractivity contribution in [1.29, 1.82) is 0 Å². The number of hydrogen-bond acceptors (Lipinski definition) is 6. The fraction of sp³-hybridized carbons (Fsp3) is 0.0588. The van der Waals surface area contributed by atoms with Crippen LogP contribution in [0.1, 0.15) is 21.9 Å². The van der Waals surface area contributed by atoms with Gasteiger partial charge in [-0.2, -0.15) is 5.10 Å². The lowest BCUT2D eigenvalue weighted by atomic mass is 10.1. The van der Waals surface area contributed by atoms with Gasteiger partial charge in [0, 0.05) is 17.7 Å². The lowest BCUT2D eigenvalue weighted by molar-refractivity contribution is -0.384. The second-order valence-corrected chi connectivity index (χ2v) is 6.04. The van der Waals surface area contributed by atoms with Crippen LogP contribution in [-0.2, 0) is 0 Å². The van der Waals surface area contributed by atoms with Crippen LogP contribution >= 0.6 is 15.9 Å². The molecule has 9 heteroatoms. The number of nitro benzene ring substituents is 1. The summed E-state index contributed by atoms with van der Waals surface area (Å²) in [5.74, 6) is 0.583. The Balaban J connectivity index is 1.70. The van der Waals surface area contributed by atoms with Crippen LogP contribution in [0.25, 0.3) is 11.3 Å². The first-order chi connectivity index (χ1) is 12.4. The number of rotatable bonds is 5. The molecule has 8 nitrogen and oxygen atoms in total. The summed E-state index contributed by atoms with van der Waals surface area (Å²) in [6, 6.07) is 11.0. The fourth-order valence-corrected chi connectivity index (χ4v) is 2.56. The van der Waals surface area contributed by atoms with E-state index in [1.807, 2.05) is 0 Å². The summed E-state index contributed by atoms with van der Waals surface area (Å²) in [6.07, 6.45) is 1.35. The number of nitrogens with zero attached hydrogens (tertiary/aromatic N) is 2. The highest BCUT2D eigenvalue weighted by molar-refractivity contribution is 9.10. The van der Waals surface area contributed by atoms with Crippen LogP contribution in [0.2, 0.25) is 0 Å². The number of nitrogens with one attached hydrogen (secondary N) is 1. The number of non-ortho nitro benzene ring substituents is 1. The van der Waals surface area contributed by atoms with Gasteiger partial charge in [-0.1, -0.05) is 0 Å². The molecule has 1 aromatic carbocycles. The quantitative estimate of drug-likeness (QED) is 0.378. The largest absolute Gasteiger partial charge is 0.455 e. The van der Waals surface area contributed by atoms with Gasteiger partial charge in [-0.05, 0) is 58.7 Å². The third-order valence-electron chi connectivity index (χ3n) is 3.47. The lowest BCUT2D eigenvalue weighted by Gasteiger charge is -2.02. The molecule has 0 spiro atoms. The van der Waals surface area contributed by atoms with Gasteiger partial charge in [-0.3, -0.25) is 14.9 Å². The Morgan fingerprint density at radius 1 is 1.23 bits per heavy atom. The van der Waals surface area contributed by atoms with Gasteiger partial charge in [-0.25, -0.2) is 5.43 Å². The fourth-order valence-electron chi connectivity index (χ4n) is 2.25. The average molecular weight is 418 g/mol. The van der Waals surface area contributed by atoms with E-state index in [9.17, 15) is 14.9 Å². The first-order valence-corrected chi connectivity index (χ1v) is 8.17. The molecule has 0 unspecified atom stereocenters. The smallest absolute Gasteiger partial charge is 0.307 e. The third kappa shape index (κ3) is 3.89. The first-order valence-electron chi connectivity index (χ1n) is 7.38. The summed E-state index contributed by atoms with van der Waals surface area (Å²) < 4.78 is 11.2. The zero-order chi connectivity index (χ0) is 18.7. The van der Waals surface area contributed by atoms with E-state index in [0.717, 1.165) is 5.56 Å².